The maximum Gasteiger partial charge on any atom is 0.231 e. The van der Waals surface area contributed by atoms with Crippen LogP contribution in [0, 0.1) is 0 Å². The standard InChI is InChI=1S/C7H11BrCl3N3/c1-2-3-4-14-6(7(9,10)11)13(8)5-12-14/h5-6H,2-4H2,1H3. The molecule has 3 nitrogen and oxygen atoms in total. The van der Waals surface area contributed by atoms with Gasteiger partial charge in [0.2, 0.25) is 3.79 Å². The summed E-state index contributed by atoms with van der Waals surface area (Å²) in [6.45, 7) is 2.89. The monoisotopic (exact) mass is 321 g/mol. The van der Waals surface area contributed by atoms with Gasteiger partial charge in [-0.2, -0.15) is 5.10 Å². The van der Waals surface area contributed by atoms with E-state index in [1.165, 1.54) is 0 Å². The second kappa shape index (κ2) is 5.10. The Bertz CT molecular complexity index is 219. The molecule has 0 N–H and O–H groups in total. The van der Waals surface area contributed by atoms with Gasteiger partial charge in [0.25, 0.3) is 0 Å². The molecule has 0 aliphatic carbocycles. The number of unbranched alkanes of at least 4 members (excludes halogenated alkanes) is 1. The molecule has 0 spiro atoms. The molecule has 1 rings (SSSR count). The molecule has 0 bridgehead atoms. The van der Waals surface area contributed by atoms with E-state index in [0.29, 0.717) is 0 Å². The maximum atomic E-state index is 5.85. The van der Waals surface area contributed by atoms with E-state index in [-0.39, 0.29) is 6.17 Å². The number of hydrazone groups is 1. The Morgan fingerprint density at radius 2 is 2.14 bits per heavy atom. The fourth-order valence-corrected chi connectivity index (χ4v) is 2.79. The number of rotatable bonds is 3. The number of hydrogen-bond donors (Lipinski definition) is 0. The van der Waals surface area contributed by atoms with Gasteiger partial charge in [-0.1, -0.05) is 48.1 Å². The lowest BCUT2D eigenvalue weighted by molar-refractivity contribution is 0.182. The molecule has 0 saturated carbocycles. The third-order valence-corrected chi connectivity index (χ3v) is 3.02. The van der Waals surface area contributed by atoms with Crippen LogP contribution in [-0.4, -0.2) is 31.8 Å². The predicted octanol–water partition coefficient (Wildman–Crippen LogP) is 3.35. The molecule has 0 saturated heterocycles. The highest BCUT2D eigenvalue weighted by Crippen LogP contribution is 2.38. The number of nitrogens with zero attached hydrogens (tertiary/aromatic N) is 3. The van der Waals surface area contributed by atoms with Gasteiger partial charge in [-0.25, -0.2) is 0 Å². The smallest absolute Gasteiger partial charge is 0.231 e. The van der Waals surface area contributed by atoms with Crippen molar-refractivity contribution in [3.8, 4) is 0 Å². The van der Waals surface area contributed by atoms with Crippen molar-refractivity contribution in [2.24, 2.45) is 5.10 Å². The van der Waals surface area contributed by atoms with Crippen LogP contribution in [0.1, 0.15) is 19.8 Å². The Labute approximate surface area is 107 Å². The van der Waals surface area contributed by atoms with Crippen molar-refractivity contribution in [2.75, 3.05) is 6.54 Å². The third-order valence-electron chi connectivity index (χ3n) is 1.86. The van der Waals surface area contributed by atoms with E-state index < -0.39 is 3.79 Å². The third kappa shape index (κ3) is 3.05. The minimum Gasteiger partial charge on any atom is -0.270 e. The number of halogens is 4. The lowest BCUT2D eigenvalue weighted by Crippen LogP contribution is -2.45. The van der Waals surface area contributed by atoms with Gasteiger partial charge >= 0.3 is 0 Å². The Morgan fingerprint density at radius 3 is 2.64 bits per heavy atom. The second-order valence-electron chi connectivity index (χ2n) is 3.01. The van der Waals surface area contributed by atoms with Crippen molar-refractivity contribution in [3.63, 3.8) is 0 Å². The molecule has 1 aliphatic rings. The molecule has 0 radical (unpaired) electrons. The summed E-state index contributed by atoms with van der Waals surface area (Å²) in [5.41, 5.74) is 0. The molecule has 0 aromatic rings. The van der Waals surface area contributed by atoms with Crippen LogP contribution in [0.15, 0.2) is 5.10 Å². The molecule has 1 atom stereocenters. The fourth-order valence-electron chi connectivity index (χ4n) is 1.18. The average molecular weight is 323 g/mol. The fraction of sp³-hybridized carbons (Fsp3) is 0.857. The van der Waals surface area contributed by atoms with E-state index in [1.54, 1.807) is 15.3 Å². The molecule has 0 aromatic heterocycles. The van der Waals surface area contributed by atoms with Crippen molar-refractivity contribution in [1.29, 1.82) is 0 Å². The number of hydrogen-bond acceptors (Lipinski definition) is 3. The molecule has 0 fully saturated rings. The van der Waals surface area contributed by atoms with Crippen LogP contribution >= 0.6 is 51.0 Å². The zero-order valence-corrected chi connectivity index (χ0v) is 11.5. The molecule has 0 aromatic carbocycles. The highest BCUT2D eigenvalue weighted by atomic mass is 79.9. The van der Waals surface area contributed by atoms with Gasteiger partial charge < -0.3 is 0 Å². The lowest BCUT2D eigenvalue weighted by atomic mass is 10.3. The zero-order valence-electron chi connectivity index (χ0n) is 7.63. The van der Waals surface area contributed by atoms with Crippen LogP contribution in [0.4, 0.5) is 0 Å². The quantitative estimate of drug-likeness (QED) is 0.586. The van der Waals surface area contributed by atoms with E-state index in [2.05, 4.69) is 28.2 Å². The summed E-state index contributed by atoms with van der Waals surface area (Å²) < 4.78 is 0.239. The second-order valence-corrected chi connectivity index (χ2v) is 6.20. The van der Waals surface area contributed by atoms with E-state index in [9.17, 15) is 0 Å². The van der Waals surface area contributed by atoms with E-state index in [4.69, 9.17) is 34.8 Å². The molecule has 0 amide bonds. The summed E-state index contributed by atoms with van der Waals surface area (Å²) in [4.78, 5) is 0. The maximum absolute atomic E-state index is 5.85. The van der Waals surface area contributed by atoms with Crippen LogP contribution in [0.5, 0.6) is 0 Å². The summed E-state index contributed by atoms with van der Waals surface area (Å²) in [6.07, 6.45) is 3.33. The molecular formula is C7H11BrCl3N3. The van der Waals surface area contributed by atoms with Crippen molar-refractivity contribution in [3.05, 3.63) is 0 Å². The summed E-state index contributed by atoms with van der Waals surface area (Å²) >= 11 is 20.8. The molecule has 82 valence electrons. The highest BCUT2D eigenvalue weighted by molar-refractivity contribution is 9.07. The van der Waals surface area contributed by atoms with Crippen LogP contribution in [0.3, 0.4) is 0 Å². The predicted molar refractivity (Wildman–Crippen MR) is 65.0 cm³/mol. The van der Waals surface area contributed by atoms with E-state index >= 15 is 0 Å². The van der Waals surface area contributed by atoms with Crippen LogP contribution < -0.4 is 0 Å². The Hall–Kier alpha value is 0.620. The van der Waals surface area contributed by atoms with Crippen molar-refractivity contribution in [2.45, 2.75) is 29.7 Å². The molecular weight excluding hydrogens is 312 g/mol. The van der Waals surface area contributed by atoms with Crippen molar-refractivity contribution < 1.29 is 0 Å². The summed E-state index contributed by atoms with van der Waals surface area (Å²) in [6, 6.07) is 0. The lowest BCUT2D eigenvalue weighted by Gasteiger charge is -2.31. The van der Waals surface area contributed by atoms with Gasteiger partial charge in [0.05, 0.1) is 16.1 Å². The van der Waals surface area contributed by atoms with E-state index in [0.717, 1.165) is 19.4 Å². The topological polar surface area (TPSA) is 18.8 Å². The molecule has 1 unspecified atom stereocenters. The molecule has 7 heteroatoms. The normalized spacial score (nSPS) is 22.2. The first-order valence-electron chi connectivity index (χ1n) is 4.28. The minimum absolute atomic E-state index is 0.376. The highest BCUT2D eigenvalue weighted by Gasteiger charge is 2.42. The average Bonchev–Trinajstić information content (AvgIpc) is 2.42. The molecule has 1 aliphatic heterocycles. The Kier molecular flexibility index (Phi) is 4.62. The minimum atomic E-state index is -1.38. The van der Waals surface area contributed by atoms with Gasteiger partial charge in [-0.3, -0.25) is 8.93 Å². The summed E-state index contributed by atoms with van der Waals surface area (Å²) in [5.74, 6) is 0. The number of alkyl halides is 3. The largest absolute Gasteiger partial charge is 0.270 e. The summed E-state index contributed by atoms with van der Waals surface area (Å²) in [7, 11) is 0. The van der Waals surface area contributed by atoms with Crippen molar-refractivity contribution in [1.82, 2.24) is 8.93 Å². The molecule has 1 heterocycles. The van der Waals surface area contributed by atoms with Gasteiger partial charge in [0, 0.05) is 6.54 Å². The Morgan fingerprint density at radius 1 is 1.50 bits per heavy atom. The van der Waals surface area contributed by atoms with Gasteiger partial charge in [-0.05, 0) is 6.42 Å². The first-order chi connectivity index (χ1) is 6.46. The van der Waals surface area contributed by atoms with Crippen LogP contribution in [-0.2, 0) is 0 Å². The van der Waals surface area contributed by atoms with Gasteiger partial charge in [0.15, 0.2) is 6.17 Å². The summed E-state index contributed by atoms with van der Waals surface area (Å²) in [5, 5.41) is 5.91. The van der Waals surface area contributed by atoms with Gasteiger partial charge in [-0.15, -0.1) is 0 Å². The van der Waals surface area contributed by atoms with E-state index in [1.807, 2.05) is 0 Å². The first-order valence-corrected chi connectivity index (χ1v) is 6.12. The SMILES string of the molecule is CCCCN1N=CN(Br)C1C(Cl)(Cl)Cl. The van der Waals surface area contributed by atoms with Crippen LogP contribution in [0.25, 0.3) is 0 Å². The van der Waals surface area contributed by atoms with Crippen LogP contribution in [0.2, 0.25) is 0 Å². The first kappa shape index (κ1) is 12.7. The Balaban J connectivity index is 2.62. The van der Waals surface area contributed by atoms with Crippen molar-refractivity contribution >= 4 is 57.3 Å². The zero-order chi connectivity index (χ0) is 10.8. The molecule has 14 heavy (non-hydrogen) atoms. The van der Waals surface area contributed by atoms with Gasteiger partial charge in [0.1, 0.15) is 6.34 Å².